The highest BCUT2D eigenvalue weighted by Gasteiger charge is 2.12. The Labute approximate surface area is 123 Å². The van der Waals surface area contributed by atoms with Crippen LogP contribution >= 0.6 is 0 Å². The highest BCUT2D eigenvalue weighted by molar-refractivity contribution is 5.92. The Morgan fingerprint density at radius 3 is 2.76 bits per heavy atom. The van der Waals surface area contributed by atoms with Crippen LogP contribution in [-0.2, 0) is 9.59 Å². The van der Waals surface area contributed by atoms with Gasteiger partial charge in [0.15, 0.2) is 6.10 Å². The van der Waals surface area contributed by atoms with Crippen LogP contribution in [0.15, 0.2) is 24.3 Å². The molecule has 114 valence electrons. The fourth-order valence-electron chi connectivity index (χ4n) is 1.66. The topological polar surface area (TPSA) is 95.9 Å². The number of aryl methyl sites for hydroxylation is 1. The summed E-state index contributed by atoms with van der Waals surface area (Å²) in [4.78, 5) is 22.0. The average molecular weight is 293 g/mol. The lowest BCUT2D eigenvalue weighted by molar-refractivity contribution is -0.147. The van der Waals surface area contributed by atoms with Gasteiger partial charge in [0, 0.05) is 24.6 Å². The van der Waals surface area contributed by atoms with E-state index in [2.05, 4.69) is 5.32 Å². The van der Waals surface area contributed by atoms with E-state index in [0.717, 1.165) is 11.1 Å². The zero-order valence-electron chi connectivity index (χ0n) is 12.0. The van der Waals surface area contributed by atoms with Gasteiger partial charge in [0.25, 0.3) is 0 Å². The number of rotatable bonds is 7. The summed E-state index contributed by atoms with van der Waals surface area (Å²) in [6.45, 7) is 2.02. The number of ether oxygens (including phenoxy) is 1. The van der Waals surface area contributed by atoms with Crippen molar-refractivity contribution >= 4 is 18.0 Å². The lowest BCUT2D eigenvalue weighted by Gasteiger charge is -2.06. The van der Waals surface area contributed by atoms with E-state index in [1.54, 1.807) is 13.2 Å². The summed E-state index contributed by atoms with van der Waals surface area (Å²) in [5.41, 5.74) is 1.82. The van der Waals surface area contributed by atoms with Crippen molar-refractivity contribution in [3.8, 4) is 5.75 Å². The van der Waals surface area contributed by atoms with Gasteiger partial charge in [0.1, 0.15) is 5.75 Å². The van der Waals surface area contributed by atoms with Crippen LogP contribution in [0.5, 0.6) is 5.75 Å². The van der Waals surface area contributed by atoms with Crippen molar-refractivity contribution in [2.45, 2.75) is 19.4 Å². The molecule has 21 heavy (non-hydrogen) atoms. The summed E-state index contributed by atoms with van der Waals surface area (Å²) < 4.78 is 5.19. The zero-order valence-corrected chi connectivity index (χ0v) is 12.0. The van der Waals surface area contributed by atoms with E-state index in [4.69, 9.17) is 14.9 Å². The molecule has 0 saturated carbocycles. The quantitative estimate of drug-likeness (QED) is 0.651. The summed E-state index contributed by atoms with van der Waals surface area (Å²) in [6, 6.07) is 5.61. The maximum atomic E-state index is 11.6. The monoisotopic (exact) mass is 293 g/mol. The summed E-state index contributed by atoms with van der Waals surface area (Å²) >= 11 is 0. The van der Waals surface area contributed by atoms with E-state index in [0.29, 0.717) is 5.75 Å². The second kappa shape index (κ2) is 8.06. The molecular weight excluding hydrogens is 274 g/mol. The largest absolute Gasteiger partial charge is 0.496 e. The summed E-state index contributed by atoms with van der Waals surface area (Å²) in [5, 5.41) is 20.1. The summed E-state index contributed by atoms with van der Waals surface area (Å²) in [7, 11) is 1.55. The number of amides is 1. The number of aliphatic hydroxyl groups is 1. The Kier molecular flexibility index (Phi) is 6.42. The smallest absolute Gasteiger partial charge is 0.332 e. The second-order valence-corrected chi connectivity index (χ2v) is 4.51. The van der Waals surface area contributed by atoms with Crippen LogP contribution in [0, 0.1) is 6.92 Å². The average Bonchev–Trinajstić information content (AvgIpc) is 2.45. The second-order valence-electron chi connectivity index (χ2n) is 4.51. The molecule has 3 N–H and O–H groups in total. The summed E-state index contributed by atoms with van der Waals surface area (Å²) in [5.74, 6) is -1.01. The van der Waals surface area contributed by atoms with E-state index in [9.17, 15) is 9.59 Å². The van der Waals surface area contributed by atoms with Crippen molar-refractivity contribution in [1.29, 1.82) is 0 Å². The van der Waals surface area contributed by atoms with E-state index in [1.807, 2.05) is 25.1 Å². The van der Waals surface area contributed by atoms with Gasteiger partial charge >= 0.3 is 5.97 Å². The first kappa shape index (κ1) is 16.7. The lowest BCUT2D eigenvalue weighted by Crippen LogP contribution is -2.28. The molecule has 0 aliphatic carbocycles. The molecule has 0 radical (unpaired) electrons. The van der Waals surface area contributed by atoms with Crippen molar-refractivity contribution in [3.63, 3.8) is 0 Å². The molecule has 1 rings (SSSR count). The normalized spacial score (nSPS) is 12.1. The maximum Gasteiger partial charge on any atom is 0.332 e. The van der Waals surface area contributed by atoms with Crippen LogP contribution in [0.2, 0.25) is 0 Å². The van der Waals surface area contributed by atoms with E-state index in [-0.39, 0.29) is 18.9 Å². The number of aliphatic carboxylic acids is 1. The highest BCUT2D eigenvalue weighted by atomic mass is 16.5. The van der Waals surface area contributed by atoms with Gasteiger partial charge in [-0.25, -0.2) is 4.79 Å². The predicted molar refractivity (Wildman–Crippen MR) is 78.0 cm³/mol. The lowest BCUT2D eigenvalue weighted by atomic mass is 10.1. The molecular formula is C15H19NO5. The predicted octanol–water partition coefficient (Wildman–Crippen LogP) is 0.969. The van der Waals surface area contributed by atoms with E-state index in [1.165, 1.54) is 6.08 Å². The van der Waals surface area contributed by atoms with Gasteiger partial charge in [0.2, 0.25) is 5.91 Å². The van der Waals surface area contributed by atoms with Crippen LogP contribution in [0.25, 0.3) is 6.08 Å². The standard InChI is InChI=1S/C15H19NO5/c1-10-3-5-13(21-2)11(9-10)4-6-14(18)16-8-7-12(17)15(19)20/h3-6,9,12,17H,7-8H2,1-2H3,(H,16,18)(H,19,20)/b6-4+. The number of carbonyl (C=O) groups excluding carboxylic acids is 1. The molecule has 6 heteroatoms. The third-order valence-corrected chi connectivity index (χ3v) is 2.80. The first-order chi connectivity index (χ1) is 9.93. The number of carboxylic acids is 1. The molecule has 6 nitrogen and oxygen atoms in total. The fraction of sp³-hybridized carbons (Fsp3) is 0.333. The number of carbonyl (C=O) groups is 2. The van der Waals surface area contributed by atoms with Crippen LogP contribution in [-0.4, -0.2) is 41.8 Å². The number of benzene rings is 1. The SMILES string of the molecule is COc1ccc(C)cc1/C=C/C(=O)NCCC(O)C(=O)O. The van der Waals surface area contributed by atoms with Gasteiger partial charge in [-0.15, -0.1) is 0 Å². The van der Waals surface area contributed by atoms with Crippen LogP contribution in [0.1, 0.15) is 17.5 Å². The number of hydrogen-bond donors (Lipinski definition) is 3. The van der Waals surface area contributed by atoms with Crippen LogP contribution < -0.4 is 10.1 Å². The Morgan fingerprint density at radius 2 is 2.14 bits per heavy atom. The Bertz CT molecular complexity index is 539. The van der Waals surface area contributed by atoms with E-state index >= 15 is 0 Å². The molecule has 0 saturated heterocycles. The number of aliphatic hydroxyl groups excluding tert-OH is 1. The van der Waals surface area contributed by atoms with Gasteiger partial charge < -0.3 is 20.3 Å². The molecule has 0 bridgehead atoms. The maximum absolute atomic E-state index is 11.6. The van der Waals surface area contributed by atoms with Crippen molar-refractivity contribution in [2.75, 3.05) is 13.7 Å². The highest BCUT2D eigenvalue weighted by Crippen LogP contribution is 2.20. The van der Waals surface area contributed by atoms with Gasteiger partial charge in [-0.2, -0.15) is 0 Å². The molecule has 0 spiro atoms. The third kappa shape index (κ3) is 5.66. The van der Waals surface area contributed by atoms with E-state index < -0.39 is 12.1 Å². The third-order valence-electron chi connectivity index (χ3n) is 2.80. The number of hydrogen-bond acceptors (Lipinski definition) is 4. The number of methoxy groups -OCH3 is 1. The fourth-order valence-corrected chi connectivity index (χ4v) is 1.66. The molecule has 1 atom stereocenters. The molecule has 0 aromatic heterocycles. The number of nitrogens with one attached hydrogen (secondary N) is 1. The van der Waals surface area contributed by atoms with Crippen molar-refractivity contribution in [1.82, 2.24) is 5.32 Å². The Morgan fingerprint density at radius 1 is 1.43 bits per heavy atom. The van der Waals surface area contributed by atoms with Gasteiger partial charge in [-0.05, 0) is 25.1 Å². The molecule has 0 fully saturated rings. The van der Waals surface area contributed by atoms with Gasteiger partial charge in [0.05, 0.1) is 7.11 Å². The zero-order chi connectivity index (χ0) is 15.8. The first-order valence-corrected chi connectivity index (χ1v) is 6.45. The molecule has 1 amide bonds. The molecule has 0 heterocycles. The molecule has 1 aromatic rings. The molecule has 1 unspecified atom stereocenters. The molecule has 0 aliphatic rings. The minimum atomic E-state index is -1.47. The van der Waals surface area contributed by atoms with Gasteiger partial charge in [-0.1, -0.05) is 11.6 Å². The Hall–Kier alpha value is -2.34. The van der Waals surface area contributed by atoms with Crippen molar-refractivity contribution in [2.24, 2.45) is 0 Å². The van der Waals surface area contributed by atoms with Crippen molar-refractivity contribution < 1.29 is 24.5 Å². The van der Waals surface area contributed by atoms with Crippen molar-refractivity contribution in [3.05, 3.63) is 35.4 Å². The van der Waals surface area contributed by atoms with Crippen LogP contribution in [0.3, 0.4) is 0 Å². The molecule has 1 aromatic carbocycles. The number of carboxylic acid groups (broad SMARTS) is 1. The van der Waals surface area contributed by atoms with Crippen LogP contribution in [0.4, 0.5) is 0 Å². The minimum absolute atomic E-state index is 0.0390. The minimum Gasteiger partial charge on any atom is -0.496 e. The van der Waals surface area contributed by atoms with Gasteiger partial charge in [-0.3, -0.25) is 4.79 Å². The first-order valence-electron chi connectivity index (χ1n) is 6.45. The Balaban J connectivity index is 2.54. The summed E-state index contributed by atoms with van der Waals surface area (Å²) in [6.07, 6.45) is 1.45. The molecule has 0 aliphatic heterocycles.